The van der Waals surface area contributed by atoms with E-state index in [1.165, 1.54) is 19.8 Å². The van der Waals surface area contributed by atoms with Crippen molar-refractivity contribution in [2.24, 2.45) is 7.05 Å². The molecule has 2 heterocycles. The van der Waals surface area contributed by atoms with Crippen LogP contribution in [0.5, 0.6) is 0 Å². The van der Waals surface area contributed by atoms with Gasteiger partial charge in [0.2, 0.25) is 0 Å². The number of nitrogens with one attached hydrogen (secondary N) is 1. The molecule has 158 valence electrons. The summed E-state index contributed by atoms with van der Waals surface area (Å²) in [6.07, 6.45) is 0.627. The molecule has 0 aliphatic rings. The van der Waals surface area contributed by atoms with Crippen molar-refractivity contribution in [2.45, 2.75) is 26.8 Å². The van der Waals surface area contributed by atoms with E-state index in [1.54, 1.807) is 19.2 Å². The maximum Gasteiger partial charge on any atom is 0.337 e. The van der Waals surface area contributed by atoms with Gasteiger partial charge in [-0.15, -0.1) is 0 Å². The lowest BCUT2D eigenvalue weighted by Crippen LogP contribution is -2.41. The van der Waals surface area contributed by atoms with E-state index in [2.05, 4.69) is 5.32 Å². The van der Waals surface area contributed by atoms with Gasteiger partial charge in [-0.05, 0) is 37.6 Å². The van der Waals surface area contributed by atoms with Crippen molar-refractivity contribution in [3.63, 3.8) is 0 Å². The summed E-state index contributed by atoms with van der Waals surface area (Å²) in [5, 5.41) is 3.50. The minimum absolute atomic E-state index is 0.260. The minimum Gasteiger partial charge on any atom is -0.355 e. The van der Waals surface area contributed by atoms with E-state index in [0.29, 0.717) is 23.2 Å². The first-order valence-corrected chi connectivity index (χ1v) is 10.2. The number of fused-ring (bicyclic) bond motifs is 1. The fourth-order valence-corrected chi connectivity index (χ4v) is 3.71. The van der Waals surface area contributed by atoms with Crippen molar-refractivity contribution in [3.05, 3.63) is 97.4 Å². The molecule has 0 fully saturated rings. The number of hydrogen-bond acceptors (Lipinski definition) is 4. The summed E-state index contributed by atoms with van der Waals surface area (Å²) in [7, 11) is 1.57. The highest BCUT2D eigenvalue weighted by molar-refractivity contribution is 5.91. The smallest absolute Gasteiger partial charge is 0.337 e. The number of pyridine rings is 1. The molecule has 0 amide bonds. The summed E-state index contributed by atoms with van der Waals surface area (Å²) in [6, 6.07) is 18.1. The third-order valence-corrected chi connectivity index (χ3v) is 5.29. The van der Waals surface area contributed by atoms with Crippen LogP contribution in [-0.4, -0.2) is 13.7 Å². The first-order valence-electron chi connectivity index (χ1n) is 10.2. The highest BCUT2D eigenvalue weighted by atomic mass is 16.2. The van der Waals surface area contributed by atoms with Gasteiger partial charge < -0.3 is 5.32 Å². The second-order valence-electron chi connectivity index (χ2n) is 7.56. The first kappa shape index (κ1) is 20.4. The summed E-state index contributed by atoms with van der Waals surface area (Å²) in [6.45, 7) is 4.18. The van der Waals surface area contributed by atoms with E-state index in [1.807, 2.05) is 56.3 Å². The molecule has 2 aromatic carbocycles. The molecule has 1 N–H and O–H groups in total. The average Bonchev–Trinajstić information content (AvgIpc) is 2.76. The van der Waals surface area contributed by atoms with Crippen LogP contribution < -0.4 is 22.1 Å². The third-order valence-electron chi connectivity index (χ3n) is 5.29. The lowest BCUT2D eigenvalue weighted by molar-refractivity contribution is 0.604. The molecular weight excluding hydrogens is 392 g/mol. The Morgan fingerprint density at radius 1 is 0.935 bits per heavy atom. The number of hydrogen-bond donors (Lipinski definition) is 1. The van der Waals surface area contributed by atoms with Crippen molar-refractivity contribution in [1.82, 2.24) is 13.7 Å². The SMILES string of the molecule is CCCn1c(=O)c2c(Nc3ccc(C)cc3)cc(=O)n(C)c2n(-c2ccccc2)c1=O. The van der Waals surface area contributed by atoms with Crippen LogP contribution in [0.3, 0.4) is 0 Å². The van der Waals surface area contributed by atoms with Gasteiger partial charge in [0, 0.05) is 25.3 Å². The molecule has 7 nitrogen and oxygen atoms in total. The molecule has 0 saturated heterocycles. The zero-order chi connectivity index (χ0) is 22.1. The molecular formula is C24H24N4O3. The van der Waals surface area contributed by atoms with Gasteiger partial charge in [0.05, 0.1) is 11.4 Å². The maximum absolute atomic E-state index is 13.4. The Bertz CT molecular complexity index is 1430. The Hall–Kier alpha value is -3.87. The number of para-hydroxylation sites is 1. The van der Waals surface area contributed by atoms with Crippen molar-refractivity contribution >= 4 is 22.4 Å². The summed E-state index contributed by atoms with van der Waals surface area (Å²) in [5.41, 5.74) is 1.87. The molecule has 0 unspecified atom stereocenters. The number of aryl methyl sites for hydroxylation is 2. The number of anilines is 2. The van der Waals surface area contributed by atoms with Crippen LogP contribution in [0.25, 0.3) is 16.7 Å². The quantitative estimate of drug-likeness (QED) is 0.541. The summed E-state index contributed by atoms with van der Waals surface area (Å²) in [5.74, 6) is 0. The highest BCUT2D eigenvalue weighted by Crippen LogP contribution is 2.23. The van der Waals surface area contributed by atoms with Crippen molar-refractivity contribution in [3.8, 4) is 5.69 Å². The van der Waals surface area contributed by atoms with Crippen molar-refractivity contribution in [2.75, 3.05) is 5.32 Å². The number of rotatable bonds is 5. The monoisotopic (exact) mass is 416 g/mol. The zero-order valence-electron chi connectivity index (χ0n) is 17.8. The predicted octanol–water partition coefficient (Wildman–Crippen LogP) is 3.31. The van der Waals surface area contributed by atoms with Gasteiger partial charge in [0.1, 0.15) is 11.0 Å². The van der Waals surface area contributed by atoms with Gasteiger partial charge in [-0.1, -0.05) is 42.8 Å². The molecule has 7 heteroatoms. The fourth-order valence-electron chi connectivity index (χ4n) is 3.71. The molecule has 4 aromatic rings. The van der Waals surface area contributed by atoms with Gasteiger partial charge >= 0.3 is 5.69 Å². The number of nitrogens with zero attached hydrogens (tertiary/aromatic N) is 3. The van der Waals surface area contributed by atoms with Crippen LogP contribution in [0.15, 0.2) is 75.0 Å². The fraction of sp³-hybridized carbons (Fsp3) is 0.208. The van der Waals surface area contributed by atoms with Crippen LogP contribution in [0.4, 0.5) is 11.4 Å². The second-order valence-corrected chi connectivity index (χ2v) is 7.56. The predicted molar refractivity (Wildman–Crippen MR) is 124 cm³/mol. The van der Waals surface area contributed by atoms with Crippen molar-refractivity contribution in [1.29, 1.82) is 0 Å². The van der Waals surface area contributed by atoms with Gasteiger partial charge in [0.15, 0.2) is 0 Å². The molecule has 0 bridgehead atoms. The Morgan fingerprint density at radius 2 is 1.61 bits per heavy atom. The molecule has 0 atom stereocenters. The Morgan fingerprint density at radius 3 is 2.26 bits per heavy atom. The second kappa shape index (κ2) is 8.10. The van der Waals surface area contributed by atoms with Crippen LogP contribution >= 0.6 is 0 Å². The summed E-state index contributed by atoms with van der Waals surface area (Å²) < 4.78 is 4.02. The van der Waals surface area contributed by atoms with Crippen molar-refractivity contribution < 1.29 is 0 Å². The number of benzene rings is 2. The minimum atomic E-state index is -0.465. The van der Waals surface area contributed by atoms with E-state index >= 15 is 0 Å². The normalized spacial score (nSPS) is 11.1. The molecule has 2 aromatic heterocycles. The Kier molecular flexibility index (Phi) is 5.33. The number of aromatic nitrogens is 3. The average molecular weight is 416 g/mol. The van der Waals surface area contributed by atoms with Gasteiger partial charge in [-0.2, -0.15) is 0 Å². The molecule has 0 radical (unpaired) electrons. The topological polar surface area (TPSA) is 78.0 Å². The van der Waals surface area contributed by atoms with Crippen LogP contribution in [-0.2, 0) is 13.6 Å². The van der Waals surface area contributed by atoms with Crippen LogP contribution in [0.1, 0.15) is 18.9 Å². The zero-order valence-corrected chi connectivity index (χ0v) is 17.8. The van der Waals surface area contributed by atoms with E-state index < -0.39 is 11.2 Å². The molecule has 31 heavy (non-hydrogen) atoms. The van der Waals surface area contributed by atoms with E-state index in [9.17, 15) is 14.4 Å². The first-order chi connectivity index (χ1) is 14.9. The lowest BCUT2D eigenvalue weighted by atomic mass is 10.2. The Balaban J connectivity index is 2.14. The summed E-state index contributed by atoms with van der Waals surface area (Å²) >= 11 is 0. The van der Waals surface area contributed by atoms with Crippen LogP contribution in [0, 0.1) is 6.92 Å². The molecule has 0 saturated carbocycles. The Labute approximate surface area is 178 Å². The maximum atomic E-state index is 13.4. The van der Waals surface area contributed by atoms with E-state index in [-0.39, 0.29) is 17.8 Å². The van der Waals surface area contributed by atoms with Gasteiger partial charge in [-0.3, -0.25) is 18.7 Å². The molecule has 4 rings (SSSR count). The van der Waals surface area contributed by atoms with E-state index in [0.717, 1.165) is 11.3 Å². The summed E-state index contributed by atoms with van der Waals surface area (Å²) in [4.78, 5) is 39.6. The molecule has 0 spiro atoms. The van der Waals surface area contributed by atoms with Crippen LogP contribution in [0.2, 0.25) is 0 Å². The highest BCUT2D eigenvalue weighted by Gasteiger charge is 2.20. The largest absolute Gasteiger partial charge is 0.355 e. The third kappa shape index (κ3) is 3.59. The molecule has 0 aliphatic heterocycles. The van der Waals surface area contributed by atoms with Gasteiger partial charge in [-0.25, -0.2) is 9.36 Å². The molecule has 0 aliphatic carbocycles. The van der Waals surface area contributed by atoms with E-state index in [4.69, 9.17) is 0 Å². The van der Waals surface area contributed by atoms with Gasteiger partial charge in [0.25, 0.3) is 11.1 Å². The lowest BCUT2D eigenvalue weighted by Gasteiger charge is -2.18. The standard InChI is InChI=1S/C24H24N4O3/c1-4-14-27-23(30)21-19(25-17-12-10-16(2)11-13-17)15-20(29)26(3)22(21)28(24(27)31)18-8-6-5-7-9-18/h5-13,15,25H,4,14H2,1-3H3.